The van der Waals surface area contributed by atoms with Crippen molar-refractivity contribution in [3.63, 3.8) is 0 Å². The lowest BCUT2D eigenvalue weighted by molar-refractivity contribution is 0.436. The van der Waals surface area contributed by atoms with Crippen molar-refractivity contribution in [1.29, 1.82) is 0 Å². The Morgan fingerprint density at radius 1 is 0.200 bits per heavy atom. The van der Waals surface area contributed by atoms with E-state index in [9.17, 15) is 0 Å². The molecule has 0 atom stereocenters. The zero-order valence-corrected chi connectivity index (χ0v) is 56.6. The lowest BCUT2D eigenvalue weighted by Crippen LogP contribution is -2.32. The van der Waals surface area contributed by atoms with Crippen LogP contribution in [-0.2, 0) is 10.8 Å². The molecule has 2 aliphatic heterocycles. The van der Waals surface area contributed by atoms with Gasteiger partial charge in [0, 0.05) is 118 Å². The van der Waals surface area contributed by atoms with Gasteiger partial charge in [0.05, 0.1) is 10.8 Å². The fourth-order valence-corrected chi connectivity index (χ4v) is 17.9. The van der Waals surface area contributed by atoms with E-state index in [2.05, 4.69) is 356 Å². The number of ether oxygens (including phenoxy) is 2. The molecule has 0 bridgehead atoms. The molecule has 0 saturated heterocycles. The second-order valence-electron chi connectivity index (χ2n) is 27.6. The monoisotopic (exact) mass is 1340 g/mol. The first-order valence-electron chi connectivity index (χ1n) is 35.8. The molecule has 19 aromatic rings. The molecule has 7 nitrogen and oxygen atoms in total. The van der Waals surface area contributed by atoms with Crippen molar-refractivity contribution in [2.75, 3.05) is 9.80 Å². The van der Waals surface area contributed by atoms with Crippen molar-refractivity contribution >= 4 is 99.9 Å². The van der Waals surface area contributed by atoms with Crippen LogP contribution in [0.3, 0.4) is 0 Å². The fourth-order valence-electron chi connectivity index (χ4n) is 17.9. The summed E-state index contributed by atoms with van der Waals surface area (Å²) in [5.74, 6) is 3.53. The van der Waals surface area contributed by atoms with Crippen LogP contribution in [0.4, 0.5) is 34.1 Å². The SMILES string of the molecule is c1ccc(-c2ccc(N(c3ccccc3)c3ccc4c(c3)oc3c5c(ccc34)C3(c4ccccc4Oc4ccccc43)c3ccccc3-5)cc2)cc1.c1ccc(N(c2ccc3c(c2)oc2ccccc23)c2ccc3c(c2)oc2c4c(ccc23)C2(c3ccccc3Oc3ccccc32)c2ccccc2-4)cc1. The van der Waals surface area contributed by atoms with Crippen molar-refractivity contribution in [3.05, 3.63) is 408 Å². The summed E-state index contributed by atoms with van der Waals surface area (Å²) in [6, 6.07) is 129. The molecule has 0 saturated carbocycles. The number of nitrogens with zero attached hydrogens (tertiary/aromatic N) is 2. The number of furan rings is 3. The largest absolute Gasteiger partial charge is 0.457 e. The van der Waals surface area contributed by atoms with Gasteiger partial charge in [-0.3, -0.25) is 0 Å². The average molecular weight is 1350 g/mol. The molecule has 0 N–H and O–H groups in total. The van der Waals surface area contributed by atoms with Crippen molar-refractivity contribution in [2.24, 2.45) is 0 Å². The second-order valence-corrected chi connectivity index (χ2v) is 27.6. The minimum Gasteiger partial charge on any atom is -0.457 e. The lowest BCUT2D eigenvalue weighted by atomic mass is 9.66. The number of benzene rings is 16. The van der Waals surface area contributed by atoms with Gasteiger partial charge in [-0.15, -0.1) is 0 Å². The van der Waals surface area contributed by atoms with E-state index in [0.717, 1.165) is 156 Å². The molecule has 0 fully saturated rings. The number of fused-ring (bicyclic) bond motifs is 29. The van der Waals surface area contributed by atoms with Gasteiger partial charge < -0.3 is 32.5 Å². The van der Waals surface area contributed by atoms with Crippen molar-refractivity contribution in [1.82, 2.24) is 0 Å². The predicted molar refractivity (Wildman–Crippen MR) is 424 cm³/mol. The van der Waals surface area contributed by atoms with Gasteiger partial charge in [0.25, 0.3) is 0 Å². The molecule has 3 aromatic heterocycles. The second kappa shape index (κ2) is 22.8. The molecule has 0 amide bonds. The molecule has 5 heterocycles. The summed E-state index contributed by atoms with van der Waals surface area (Å²) in [5.41, 5.74) is 26.9. The molecular weight excluding hydrogens is 1290 g/mol. The molecule has 2 aliphatic carbocycles. The van der Waals surface area contributed by atoms with Gasteiger partial charge in [-0.25, -0.2) is 0 Å². The van der Waals surface area contributed by atoms with E-state index in [4.69, 9.17) is 22.7 Å². The average Bonchev–Trinajstić information content (AvgIpc) is 1.53. The van der Waals surface area contributed by atoms with Crippen LogP contribution >= 0.6 is 0 Å². The van der Waals surface area contributed by atoms with E-state index in [1.54, 1.807) is 0 Å². The summed E-state index contributed by atoms with van der Waals surface area (Å²) in [5, 5.41) is 6.61. The Morgan fingerprint density at radius 2 is 0.514 bits per heavy atom. The summed E-state index contributed by atoms with van der Waals surface area (Å²) in [4.78, 5) is 4.57. The van der Waals surface area contributed by atoms with Gasteiger partial charge in [-0.1, -0.05) is 243 Å². The van der Waals surface area contributed by atoms with Crippen LogP contribution in [0.5, 0.6) is 23.0 Å². The third-order valence-corrected chi connectivity index (χ3v) is 22.3. The van der Waals surface area contributed by atoms with Gasteiger partial charge in [-0.05, 0) is 148 Å². The fraction of sp³-hybridized carbons (Fsp3) is 0.0204. The van der Waals surface area contributed by atoms with Crippen LogP contribution in [0.1, 0.15) is 44.5 Å². The summed E-state index contributed by atoms with van der Waals surface area (Å²) >= 11 is 0. The first-order valence-corrected chi connectivity index (χ1v) is 35.8. The van der Waals surface area contributed by atoms with E-state index in [-0.39, 0.29) is 0 Å². The van der Waals surface area contributed by atoms with Gasteiger partial charge in [0.1, 0.15) is 56.5 Å². The minimum absolute atomic E-state index is 0.536. The van der Waals surface area contributed by atoms with Crippen LogP contribution < -0.4 is 19.3 Å². The highest BCUT2D eigenvalue weighted by Gasteiger charge is 2.54. The van der Waals surface area contributed by atoms with Gasteiger partial charge >= 0.3 is 0 Å². The Bertz CT molecular complexity index is 6660. The van der Waals surface area contributed by atoms with Crippen LogP contribution in [0.25, 0.3) is 99.2 Å². The normalized spacial score (nSPS) is 13.4. The van der Waals surface area contributed by atoms with E-state index < -0.39 is 10.8 Å². The van der Waals surface area contributed by atoms with Crippen molar-refractivity contribution in [3.8, 4) is 56.4 Å². The zero-order chi connectivity index (χ0) is 68.9. The zero-order valence-electron chi connectivity index (χ0n) is 56.6. The summed E-state index contributed by atoms with van der Waals surface area (Å²) < 4.78 is 33.5. The molecule has 16 aromatic carbocycles. The number of para-hydroxylation sites is 7. The molecule has 2 spiro atoms. The van der Waals surface area contributed by atoms with Crippen molar-refractivity contribution < 1.29 is 22.7 Å². The van der Waals surface area contributed by atoms with E-state index in [1.807, 2.05) is 18.2 Å². The molecule has 7 heteroatoms. The topological polar surface area (TPSA) is 64.4 Å². The molecule has 492 valence electrons. The van der Waals surface area contributed by atoms with Gasteiger partial charge in [-0.2, -0.15) is 0 Å². The van der Waals surface area contributed by atoms with Crippen LogP contribution in [-0.4, -0.2) is 0 Å². The van der Waals surface area contributed by atoms with E-state index >= 15 is 0 Å². The standard InChI is InChI=1S/C49H29NO3.C49H31NO2/c1-2-12-30(13-3-1)50(31-22-24-34-33-14-5-9-19-42(33)51-45(34)28-31)32-23-25-35-36-26-27-41-47(48(36)53-46(35)29-32)37-15-4-6-16-38(37)49(41)39-17-7-10-20-43(39)52-44-21-11-8-18-40(44)49;1-3-13-32(14-4-1)33-23-25-35(26-24-33)50(34-15-5-2-6-16-34)36-27-28-37-38-29-30-43-47(48(38)52-46(37)31-36)39-17-7-8-18-40(39)49(43)41-19-9-11-21-44(41)51-45-22-12-10-20-42(45)49/h1-29H;1-31H. The Morgan fingerprint density at radius 3 is 0.971 bits per heavy atom. The third kappa shape index (κ3) is 8.55. The molecule has 105 heavy (non-hydrogen) atoms. The Kier molecular flexibility index (Phi) is 12.8. The Hall–Kier alpha value is -13.9. The molecule has 23 rings (SSSR count). The number of rotatable bonds is 7. The van der Waals surface area contributed by atoms with Crippen LogP contribution in [0.2, 0.25) is 0 Å². The first-order chi connectivity index (χ1) is 52.1. The molecule has 0 radical (unpaired) electrons. The molecule has 4 aliphatic rings. The van der Waals surface area contributed by atoms with Gasteiger partial charge in [0.2, 0.25) is 0 Å². The molecule has 0 unspecified atom stereocenters. The van der Waals surface area contributed by atoms with Gasteiger partial charge in [0.15, 0.2) is 0 Å². The Labute approximate surface area is 604 Å². The van der Waals surface area contributed by atoms with E-state index in [0.29, 0.717) is 0 Å². The summed E-state index contributed by atoms with van der Waals surface area (Å²) in [6.07, 6.45) is 0. The lowest BCUT2D eigenvalue weighted by Gasteiger charge is -2.39. The minimum atomic E-state index is -0.547. The first kappa shape index (κ1) is 58.9. The third-order valence-electron chi connectivity index (χ3n) is 22.3. The smallest absolute Gasteiger partial charge is 0.143 e. The predicted octanol–water partition coefficient (Wildman–Crippen LogP) is 26.6. The molecular formula is C98H60N2O5. The highest BCUT2D eigenvalue weighted by molar-refractivity contribution is 6.15. The quantitative estimate of drug-likeness (QED) is 0.158. The summed E-state index contributed by atoms with van der Waals surface area (Å²) in [6.45, 7) is 0. The maximum atomic E-state index is 7.06. The van der Waals surface area contributed by atoms with Crippen LogP contribution in [0.15, 0.2) is 377 Å². The number of hydrogen-bond donors (Lipinski definition) is 0. The summed E-state index contributed by atoms with van der Waals surface area (Å²) in [7, 11) is 0. The van der Waals surface area contributed by atoms with Crippen LogP contribution in [0, 0.1) is 0 Å². The highest BCUT2D eigenvalue weighted by Crippen LogP contribution is 2.66. The maximum Gasteiger partial charge on any atom is 0.143 e. The van der Waals surface area contributed by atoms with Crippen molar-refractivity contribution in [2.45, 2.75) is 10.8 Å². The number of hydrogen-bond acceptors (Lipinski definition) is 7. The maximum absolute atomic E-state index is 7.06. The Balaban J connectivity index is 0.000000132. The van der Waals surface area contributed by atoms with E-state index in [1.165, 1.54) is 44.5 Å². The number of anilines is 6. The highest BCUT2D eigenvalue weighted by atomic mass is 16.5.